The van der Waals surface area contributed by atoms with Crippen LogP contribution in [0.4, 0.5) is 5.82 Å². The van der Waals surface area contributed by atoms with Crippen LogP contribution in [0.3, 0.4) is 0 Å². The van der Waals surface area contributed by atoms with Crippen molar-refractivity contribution in [2.45, 2.75) is 13.0 Å². The maximum Gasteiger partial charge on any atom is 0.127 e. The van der Waals surface area contributed by atoms with Crippen molar-refractivity contribution in [1.29, 1.82) is 0 Å². The number of aliphatic hydroxyl groups excluding tert-OH is 1. The summed E-state index contributed by atoms with van der Waals surface area (Å²) in [6.45, 7) is 2.08. The molecule has 2 aromatic carbocycles. The number of aryl methyl sites for hydroxylation is 1. The summed E-state index contributed by atoms with van der Waals surface area (Å²) in [5, 5.41) is 14.1. The van der Waals surface area contributed by atoms with E-state index in [1.807, 2.05) is 67.6 Å². The highest BCUT2D eigenvalue weighted by Crippen LogP contribution is 2.22. The Labute approximate surface area is 124 Å². The Morgan fingerprint density at radius 2 is 1.76 bits per heavy atom. The third-order valence-corrected chi connectivity index (χ3v) is 3.67. The molecular weight excluding hydrogens is 260 g/mol. The molecule has 0 bridgehead atoms. The molecule has 1 unspecified atom stereocenters. The van der Waals surface area contributed by atoms with E-state index in [0.29, 0.717) is 0 Å². The van der Waals surface area contributed by atoms with Crippen molar-refractivity contribution in [3.05, 3.63) is 71.8 Å². The van der Waals surface area contributed by atoms with Crippen LogP contribution in [0.25, 0.3) is 10.9 Å². The first kappa shape index (κ1) is 13.6. The van der Waals surface area contributed by atoms with E-state index in [1.54, 1.807) is 0 Å². The molecule has 3 heteroatoms. The molecule has 0 saturated carbocycles. The Hall–Kier alpha value is -2.39. The first-order chi connectivity index (χ1) is 10.3. The summed E-state index contributed by atoms with van der Waals surface area (Å²) in [7, 11) is 0. The van der Waals surface area contributed by atoms with Crippen molar-refractivity contribution in [3.63, 3.8) is 0 Å². The van der Waals surface area contributed by atoms with Gasteiger partial charge in [-0.05, 0) is 36.2 Å². The number of fused-ring (bicyclic) bond motifs is 1. The van der Waals surface area contributed by atoms with Gasteiger partial charge in [-0.3, -0.25) is 0 Å². The van der Waals surface area contributed by atoms with Gasteiger partial charge in [0.2, 0.25) is 0 Å². The monoisotopic (exact) mass is 278 g/mol. The molecule has 0 fully saturated rings. The van der Waals surface area contributed by atoms with E-state index in [2.05, 4.69) is 10.3 Å². The normalized spacial score (nSPS) is 12.3. The first-order valence-electron chi connectivity index (χ1n) is 7.06. The van der Waals surface area contributed by atoms with E-state index < -0.39 is 0 Å². The molecule has 0 spiro atoms. The van der Waals surface area contributed by atoms with E-state index in [1.165, 1.54) is 0 Å². The number of aliphatic hydroxyl groups is 1. The van der Waals surface area contributed by atoms with Gasteiger partial charge in [0.25, 0.3) is 0 Å². The topological polar surface area (TPSA) is 45.1 Å². The van der Waals surface area contributed by atoms with Crippen molar-refractivity contribution < 1.29 is 5.11 Å². The molecule has 0 aliphatic heterocycles. The van der Waals surface area contributed by atoms with Crippen LogP contribution in [0.5, 0.6) is 0 Å². The lowest BCUT2D eigenvalue weighted by atomic mass is 10.0. The van der Waals surface area contributed by atoms with Crippen LogP contribution in [-0.4, -0.2) is 16.7 Å². The van der Waals surface area contributed by atoms with Crippen LogP contribution in [0, 0.1) is 6.92 Å². The zero-order valence-electron chi connectivity index (χ0n) is 12.0. The van der Waals surface area contributed by atoms with E-state index in [4.69, 9.17) is 0 Å². The van der Waals surface area contributed by atoms with Crippen LogP contribution in [-0.2, 0) is 0 Å². The number of nitrogens with one attached hydrogen (secondary N) is 1. The predicted molar refractivity (Wildman–Crippen MR) is 86.4 cm³/mol. The predicted octanol–water partition coefficient (Wildman–Crippen LogP) is 3.69. The molecule has 3 nitrogen and oxygen atoms in total. The Bertz CT molecular complexity index is 755. The molecule has 0 radical (unpaired) electrons. The summed E-state index contributed by atoms with van der Waals surface area (Å²) in [5.41, 5.74) is 3.20. The number of nitrogens with zero attached hydrogens (tertiary/aromatic N) is 1. The summed E-state index contributed by atoms with van der Waals surface area (Å²) in [5.74, 6) is 0.774. The molecule has 0 amide bonds. The quantitative estimate of drug-likeness (QED) is 0.765. The van der Waals surface area contributed by atoms with Crippen molar-refractivity contribution in [2.75, 3.05) is 11.9 Å². The number of hydrogen-bond donors (Lipinski definition) is 2. The molecule has 106 valence electrons. The standard InChI is InChI=1S/C18H18N2O/c1-13-6-2-4-8-15(13)17(12-21)20-18-11-10-14-7-3-5-9-16(14)19-18/h2-11,17,21H,12H2,1H3,(H,19,20). The van der Waals surface area contributed by atoms with Crippen LogP contribution < -0.4 is 5.32 Å². The fourth-order valence-electron chi connectivity index (χ4n) is 2.52. The number of pyridine rings is 1. The van der Waals surface area contributed by atoms with Crippen molar-refractivity contribution in [2.24, 2.45) is 0 Å². The zero-order chi connectivity index (χ0) is 14.7. The second kappa shape index (κ2) is 5.94. The van der Waals surface area contributed by atoms with Gasteiger partial charge in [0.05, 0.1) is 18.2 Å². The molecule has 0 saturated heterocycles. The maximum atomic E-state index is 9.69. The van der Waals surface area contributed by atoms with Gasteiger partial charge in [-0.2, -0.15) is 0 Å². The number of aromatic nitrogens is 1. The summed E-state index contributed by atoms with van der Waals surface area (Å²) in [6.07, 6.45) is 0. The molecule has 0 aliphatic carbocycles. The fraction of sp³-hybridized carbons (Fsp3) is 0.167. The highest BCUT2D eigenvalue weighted by Gasteiger charge is 2.12. The molecule has 21 heavy (non-hydrogen) atoms. The average molecular weight is 278 g/mol. The van der Waals surface area contributed by atoms with Gasteiger partial charge in [0, 0.05) is 5.39 Å². The van der Waals surface area contributed by atoms with Gasteiger partial charge in [0.15, 0.2) is 0 Å². The third kappa shape index (κ3) is 2.88. The number of rotatable bonds is 4. The van der Waals surface area contributed by atoms with Crippen LogP contribution >= 0.6 is 0 Å². The highest BCUT2D eigenvalue weighted by atomic mass is 16.3. The van der Waals surface area contributed by atoms with Gasteiger partial charge in [-0.25, -0.2) is 4.98 Å². The summed E-state index contributed by atoms with van der Waals surface area (Å²) < 4.78 is 0. The molecule has 3 aromatic rings. The number of benzene rings is 2. The fourth-order valence-corrected chi connectivity index (χ4v) is 2.52. The summed E-state index contributed by atoms with van der Waals surface area (Å²) >= 11 is 0. The largest absolute Gasteiger partial charge is 0.394 e. The van der Waals surface area contributed by atoms with Crippen molar-refractivity contribution in [1.82, 2.24) is 4.98 Å². The lowest BCUT2D eigenvalue weighted by Crippen LogP contribution is -2.16. The first-order valence-corrected chi connectivity index (χ1v) is 7.06. The number of para-hydroxylation sites is 1. The van der Waals surface area contributed by atoms with Gasteiger partial charge < -0.3 is 10.4 Å². The summed E-state index contributed by atoms with van der Waals surface area (Å²) in [4.78, 5) is 4.60. The summed E-state index contributed by atoms with van der Waals surface area (Å²) in [6, 6.07) is 19.9. The number of hydrogen-bond acceptors (Lipinski definition) is 3. The Kier molecular flexibility index (Phi) is 3.84. The SMILES string of the molecule is Cc1ccccc1C(CO)Nc1ccc2ccccc2n1. The van der Waals surface area contributed by atoms with Crippen LogP contribution in [0.2, 0.25) is 0 Å². The minimum absolute atomic E-state index is 0.0271. The van der Waals surface area contributed by atoms with E-state index in [-0.39, 0.29) is 12.6 Å². The third-order valence-electron chi connectivity index (χ3n) is 3.67. The van der Waals surface area contributed by atoms with Gasteiger partial charge in [-0.1, -0.05) is 42.5 Å². The van der Waals surface area contributed by atoms with E-state index >= 15 is 0 Å². The second-order valence-corrected chi connectivity index (χ2v) is 5.13. The molecule has 2 N–H and O–H groups in total. The molecular formula is C18H18N2O. The maximum absolute atomic E-state index is 9.69. The van der Waals surface area contributed by atoms with E-state index in [0.717, 1.165) is 27.8 Å². The van der Waals surface area contributed by atoms with Crippen LogP contribution in [0.1, 0.15) is 17.2 Å². The molecule has 1 aromatic heterocycles. The lowest BCUT2D eigenvalue weighted by molar-refractivity contribution is 0.276. The van der Waals surface area contributed by atoms with Crippen molar-refractivity contribution >= 4 is 16.7 Å². The van der Waals surface area contributed by atoms with Crippen molar-refractivity contribution in [3.8, 4) is 0 Å². The Morgan fingerprint density at radius 3 is 2.57 bits per heavy atom. The zero-order valence-corrected chi connectivity index (χ0v) is 12.0. The Balaban J connectivity index is 1.90. The number of anilines is 1. The average Bonchev–Trinajstić information content (AvgIpc) is 2.53. The van der Waals surface area contributed by atoms with Gasteiger partial charge in [0.1, 0.15) is 5.82 Å². The molecule has 0 aliphatic rings. The van der Waals surface area contributed by atoms with Crippen LogP contribution in [0.15, 0.2) is 60.7 Å². The Morgan fingerprint density at radius 1 is 1.00 bits per heavy atom. The molecule has 3 rings (SSSR count). The molecule has 1 atom stereocenters. The lowest BCUT2D eigenvalue weighted by Gasteiger charge is -2.19. The second-order valence-electron chi connectivity index (χ2n) is 5.13. The minimum Gasteiger partial charge on any atom is -0.394 e. The highest BCUT2D eigenvalue weighted by molar-refractivity contribution is 5.80. The smallest absolute Gasteiger partial charge is 0.127 e. The molecule has 1 heterocycles. The van der Waals surface area contributed by atoms with E-state index in [9.17, 15) is 5.11 Å². The minimum atomic E-state index is -0.153. The van der Waals surface area contributed by atoms with Gasteiger partial charge in [-0.15, -0.1) is 0 Å². The van der Waals surface area contributed by atoms with Gasteiger partial charge >= 0.3 is 0 Å².